The zero-order chi connectivity index (χ0) is 18.1. The number of carbonyl (C=O) groups excluding carboxylic acids is 1. The largest absolute Gasteiger partial charge is 0.325 e. The van der Waals surface area contributed by atoms with Crippen molar-refractivity contribution in [1.29, 1.82) is 0 Å². The first-order chi connectivity index (χ1) is 12.6. The van der Waals surface area contributed by atoms with Gasteiger partial charge in [0.15, 0.2) is 0 Å². The second-order valence-corrected chi connectivity index (χ2v) is 9.04. The van der Waals surface area contributed by atoms with Crippen molar-refractivity contribution in [2.45, 2.75) is 31.2 Å². The lowest BCUT2D eigenvalue weighted by Gasteiger charge is -2.18. The molecule has 0 saturated carbocycles. The van der Waals surface area contributed by atoms with Gasteiger partial charge in [-0.2, -0.15) is 0 Å². The predicted octanol–water partition coefficient (Wildman–Crippen LogP) is 5.20. The normalized spacial score (nSPS) is 16.5. The topological polar surface area (TPSA) is 54.9 Å². The first-order valence-corrected chi connectivity index (χ1v) is 10.7. The lowest BCUT2D eigenvalue weighted by molar-refractivity contribution is -0.113. The number of nitrogens with zero attached hydrogens (tertiary/aromatic N) is 2. The third kappa shape index (κ3) is 3.72. The van der Waals surface area contributed by atoms with Gasteiger partial charge >= 0.3 is 0 Å². The minimum atomic E-state index is -0.0539. The van der Waals surface area contributed by atoms with Crippen molar-refractivity contribution in [1.82, 2.24) is 9.97 Å². The summed E-state index contributed by atoms with van der Waals surface area (Å²) in [6, 6.07) is 7.11. The van der Waals surface area contributed by atoms with Gasteiger partial charge in [-0.05, 0) is 55.0 Å². The van der Waals surface area contributed by atoms with Crippen LogP contribution in [0.4, 0.5) is 5.69 Å². The Kier molecular flexibility index (Phi) is 5.16. The molecule has 1 aliphatic carbocycles. The number of anilines is 1. The van der Waals surface area contributed by atoms with E-state index in [1.54, 1.807) is 41.9 Å². The molecule has 0 spiro atoms. The van der Waals surface area contributed by atoms with Crippen LogP contribution in [-0.2, 0) is 17.6 Å². The molecule has 2 heterocycles. The minimum absolute atomic E-state index is 0.0539. The van der Waals surface area contributed by atoms with Crippen molar-refractivity contribution in [3.05, 3.63) is 46.1 Å². The smallest absolute Gasteiger partial charge is 0.234 e. The third-order valence-electron chi connectivity index (χ3n) is 4.52. The molecule has 3 aromatic rings. The molecule has 1 unspecified atom stereocenters. The monoisotopic (exact) mass is 403 g/mol. The maximum atomic E-state index is 12.3. The molecule has 1 aliphatic rings. The van der Waals surface area contributed by atoms with Crippen molar-refractivity contribution >= 4 is 56.5 Å². The molecule has 0 bridgehead atoms. The van der Waals surface area contributed by atoms with Gasteiger partial charge in [-0.3, -0.25) is 4.79 Å². The fourth-order valence-electron chi connectivity index (χ4n) is 3.22. The van der Waals surface area contributed by atoms with Gasteiger partial charge in [0.2, 0.25) is 5.91 Å². The Hall–Kier alpha value is -1.63. The van der Waals surface area contributed by atoms with Crippen LogP contribution in [0.1, 0.15) is 23.8 Å². The van der Waals surface area contributed by atoms with E-state index in [0.29, 0.717) is 10.8 Å². The summed E-state index contributed by atoms with van der Waals surface area (Å²) in [5, 5.41) is 5.61. The molecule has 1 aromatic carbocycles. The van der Waals surface area contributed by atoms with E-state index in [0.717, 1.165) is 39.7 Å². The van der Waals surface area contributed by atoms with E-state index < -0.39 is 0 Å². The standard InChI is InChI=1S/C19H18ClN3OS2/c1-11-2-7-14-15(8-11)26-19-17(14)18(21-10-22-19)25-9-16(24)23-13-5-3-12(20)4-6-13/h3-6,10-11H,2,7-9H2,1H3,(H,23,24). The molecule has 0 fully saturated rings. The van der Waals surface area contributed by atoms with Crippen LogP contribution in [0.25, 0.3) is 10.2 Å². The number of hydrogen-bond donors (Lipinski definition) is 1. The van der Waals surface area contributed by atoms with E-state index in [1.165, 1.54) is 28.6 Å². The van der Waals surface area contributed by atoms with Gasteiger partial charge < -0.3 is 5.32 Å². The number of thioether (sulfide) groups is 1. The number of fused-ring (bicyclic) bond motifs is 3. The lowest BCUT2D eigenvalue weighted by atomic mass is 9.89. The maximum Gasteiger partial charge on any atom is 0.234 e. The highest BCUT2D eigenvalue weighted by Gasteiger charge is 2.23. The summed E-state index contributed by atoms with van der Waals surface area (Å²) in [5.41, 5.74) is 2.14. The van der Waals surface area contributed by atoms with E-state index in [2.05, 4.69) is 22.2 Å². The molecule has 1 N–H and O–H groups in total. The highest BCUT2D eigenvalue weighted by atomic mass is 35.5. The number of carbonyl (C=O) groups is 1. The average molecular weight is 404 g/mol. The van der Waals surface area contributed by atoms with E-state index in [9.17, 15) is 4.79 Å². The van der Waals surface area contributed by atoms with Crippen molar-refractivity contribution in [3.63, 3.8) is 0 Å². The number of aryl methyl sites for hydroxylation is 1. The van der Waals surface area contributed by atoms with Gasteiger partial charge in [0.1, 0.15) is 16.2 Å². The molecule has 0 radical (unpaired) electrons. The molecule has 134 valence electrons. The van der Waals surface area contributed by atoms with Crippen LogP contribution in [0, 0.1) is 5.92 Å². The summed E-state index contributed by atoms with van der Waals surface area (Å²) >= 11 is 9.13. The number of hydrogen-bond acceptors (Lipinski definition) is 5. The van der Waals surface area contributed by atoms with Crippen LogP contribution in [0.2, 0.25) is 5.02 Å². The summed E-state index contributed by atoms with van der Waals surface area (Å²) in [7, 11) is 0. The SMILES string of the molecule is CC1CCc2c(sc3ncnc(SCC(=O)Nc4ccc(Cl)cc4)c23)C1. The summed E-state index contributed by atoms with van der Waals surface area (Å²) in [6.07, 6.45) is 5.01. The summed E-state index contributed by atoms with van der Waals surface area (Å²) < 4.78 is 0. The van der Waals surface area contributed by atoms with Gasteiger partial charge in [-0.1, -0.05) is 30.3 Å². The van der Waals surface area contributed by atoms with E-state index in [-0.39, 0.29) is 5.91 Å². The maximum absolute atomic E-state index is 12.3. The zero-order valence-corrected chi connectivity index (χ0v) is 16.7. The predicted molar refractivity (Wildman–Crippen MR) is 109 cm³/mol. The molecule has 0 saturated heterocycles. The number of thiophene rings is 1. The van der Waals surface area contributed by atoms with Crippen LogP contribution >= 0.6 is 34.7 Å². The molecule has 26 heavy (non-hydrogen) atoms. The Labute approximate surface area is 165 Å². The van der Waals surface area contributed by atoms with Crippen LogP contribution in [-0.4, -0.2) is 21.6 Å². The molecule has 4 rings (SSSR count). The first kappa shape index (κ1) is 17.8. The lowest BCUT2D eigenvalue weighted by Crippen LogP contribution is -2.14. The van der Waals surface area contributed by atoms with Crippen LogP contribution in [0.3, 0.4) is 0 Å². The second-order valence-electron chi connectivity index (χ2n) is 6.55. The Morgan fingerprint density at radius 2 is 2.15 bits per heavy atom. The number of halogens is 1. The highest BCUT2D eigenvalue weighted by Crippen LogP contribution is 2.40. The highest BCUT2D eigenvalue weighted by molar-refractivity contribution is 8.00. The fourth-order valence-corrected chi connectivity index (χ4v) is 5.59. The first-order valence-electron chi connectivity index (χ1n) is 8.53. The van der Waals surface area contributed by atoms with Gasteiger partial charge in [0.05, 0.1) is 5.75 Å². The van der Waals surface area contributed by atoms with E-state index >= 15 is 0 Å². The summed E-state index contributed by atoms with van der Waals surface area (Å²) in [6.45, 7) is 2.30. The van der Waals surface area contributed by atoms with Crippen LogP contribution in [0.15, 0.2) is 35.6 Å². The third-order valence-corrected chi connectivity index (χ3v) is 6.93. The van der Waals surface area contributed by atoms with Crippen LogP contribution in [0.5, 0.6) is 0 Å². The molecule has 2 aromatic heterocycles. The van der Waals surface area contributed by atoms with Crippen molar-refractivity contribution in [2.75, 3.05) is 11.1 Å². The molecule has 7 heteroatoms. The number of amides is 1. The molecule has 4 nitrogen and oxygen atoms in total. The van der Waals surface area contributed by atoms with Gasteiger partial charge in [-0.25, -0.2) is 9.97 Å². The van der Waals surface area contributed by atoms with Crippen molar-refractivity contribution in [2.24, 2.45) is 5.92 Å². The van der Waals surface area contributed by atoms with Gasteiger partial charge in [0, 0.05) is 21.0 Å². The number of benzene rings is 1. The molecular weight excluding hydrogens is 386 g/mol. The van der Waals surface area contributed by atoms with Gasteiger partial charge in [0.25, 0.3) is 0 Å². The van der Waals surface area contributed by atoms with Gasteiger partial charge in [-0.15, -0.1) is 11.3 Å². The number of nitrogens with one attached hydrogen (secondary N) is 1. The Morgan fingerprint density at radius 1 is 1.35 bits per heavy atom. The Bertz CT molecular complexity index is 955. The van der Waals surface area contributed by atoms with E-state index in [1.807, 2.05) is 0 Å². The Balaban J connectivity index is 1.50. The quantitative estimate of drug-likeness (QED) is 0.480. The summed E-state index contributed by atoms with van der Waals surface area (Å²) in [5.74, 6) is 0.988. The fraction of sp³-hybridized carbons (Fsp3) is 0.316. The Morgan fingerprint density at radius 3 is 2.96 bits per heavy atom. The number of rotatable bonds is 4. The molecule has 1 atom stereocenters. The van der Waals surface area contributed by atoms with Crippen LogP contribution < -0.4 is 5.32 Å². The summed E-state index contributed by atoms with van der Waals surface area (Å²) in [4.78, 5) is 23.7. The van der Waals surface area contributed by atoms with Crippen molar-refractivity contribution in [3.8, 4) is 0 Å². The zero-order valence-electron chi connectivity index (χ0n) is 14.3. The molecular formula is C19H18ClN3OS2. The van der Waals surface area contributed by atoms with Crippen molar-refractivity contribution < 1.29 is 4.79 Å². The van der Waals surface area contributed by atoms with E-state index in [4.69, 9.17) is 11.6 Å². The molecule has 1 amide bonds. The second kappa shape index (κ2) is 7.55. The molecule has 0 aliphatic heterocycles. The number of aromatic nitrogens is 2. The average Bonchev–Trinajstić information content (AvgIpc) is 3.00. The minimum Gasteiger partial charge on any atom is -0.325 e.